The van der Waals surface area contributed by atoms with Crippen LogP contribution >= 0.6 is 0 Å². The SMILES string of the molecule is N#Cc1cccc(NC(=O)CCCO)c1. The molecule has 0 radical (unpaired) electrons. The third kappa shape index (κ3) is 3.79. The van der Waals surface area contributed by atoms with Crippen molar-refractivity contribution in [3.63, 3.8) is 0 Å². The molecule has 0 fully saturated rings. The van der Waals surface area contributed by atoms with Crippen molar-refractivity contribution < 1.29 is 9.90 Å². The summed E-state index contributed by atoms with van der Waals surface area (Å²) in [6.07, 6.45) is 0.733. The molecule has 0 aliphatic carbocycles. The average molecular weight is 204 g/mol. The van der Waals surface area contributed by atoms with E-state index in [2.05, 4.69) is 5.32 Å². The molecule has 0 atom stereocenters. The fourth-order valence-corrected chi connectivity index (χ4v) is 1.13. The van der Waals surface area contributed by atoms with Crippen LogP contribution in [0, 0.1) is 11.3 Å². The highest BCUT2D eigenvalue weighted by atomic mass is 16.3. The van der Waals surface area contributed by atoms with Gasteiger partial charge in [0.15, 0.2) is 0 Å². The van der Waals surface area contributed by atoms with Crippen LogP contribution in [0.15, 0.2) is 24.3 Å². The number of nitrogens with one attached hydrogen (secondary N) is 1. The lowest BCUT2D eigenvalue weighted by molar-refractivity contribution is -0.116. The number of aliphatic hydroxyl groups is 1. The number of amides is 1. The highest BCUT2D eigenvalue weighted by Crippen LogP contribution is 2.10. The second kappa shape index (κ2) is 5.78. The maximum atomic E-state index is 11.3. The Morgan fingerprint density at radius 2 is 2.33 bits per heavy atom. The first-order chi connectivity index (χ1) is 7.26. The Balaban J connectivity index is 2.57. The minimum absolute atomic E-state index is 0.00561. The van der Waals surface area contributed by atoms with Gasteiger partial charge in [-0.3, -0.25) is 4.79 Å². The van der Waals surface area contributed by atoms with E-state index in [0.717, 1.165) is 0 Å². The van der Waals surface area contributed by atoms with Crippen molar-refractivity contribution in [3.8, 4) is 6.07 Å². The van der Waals surface area contributed by atoms with Crippen molar-refractivity contribution in [1.82, 2.24) is 0 Å². The van der Waals surface area contributed by atoms with E-state index in [1.807, 2.05) is 6.07 Å². The number of aliphatic hydroxyl groups excluding tert-OH is 1. The highest BCUT2D eigenvalue weighted by molar-refractivity contribution is 5.90. The molecule has 0 saturated heterocycles. The Labute approximate surface area is 88.2 Å². The minimum Gasteiger partial charge on any atom is -0.396 e. The molecule has 0 aromatic heterocycles. The summed E-state index contributed by atoms with van der Waals surface area (Å²) in [6, 6.07) is 8.70. The second-order valence-corrected chi connectivity index (χ2v) is 3.07. The van der Waals surface area contributed by atoms with Crippen LogP contribution in [0.1, 0.15) is 18.4 Å². The topological polar surface area (TPSA) is 73.1 Å². The predicted octanol–water partition coefficient (Wildman–Crippen LogP) is 1.27. The molecular formula is C11H12N2O2. The number of benzene rings is 1. The molecule has 1 aromatic carbocycles. The van der Waals surface area contributed by atoms with E-state index < -0.39 is 0 Å². The Morgan fingerprint density at radius 3 is 3.00 bits per heavy atom. The van der Waals surface area contributed by atoms with Gasteiger partial charge in [-0.05, 0) is 24.6 Å². The van der Waals surface area contributed by atoms with Crippen molar-refractivity contribution in [1.29, 1.82) is 5.26 Å². The largest absolute Gasteiger partial charge is 0.396 e. The molecule has 2 N–H and O–H groups in total. The molecule has 0 aliphatic heterocycles. The van der Waals surface area contributed by atoms with Crippen molar-refractivity contribution in [2.24, 2.45) is 0 Å². The first-order valence-electron chi connectivity index (χ1n) is 4.67. The number of nitriles is 1. The predicted molar refractivity (Wildman–Crippen MR) is 56.1 cm³/mol. The number of hydrogen-bond donors (Lipinski definition) is 2. The zero-order valence-electron chi connectivity index (χ0n) is 8.23. The highest BCUT2D eigenvalue weighted by Gasteiger charge is 2.01. The molecule has 1 aromatic rings. The third-order valence-electron chi connectivity index (χ3n) is 1.84. The van der Waals surface area contributed by atoms with E-state index in [4.69, 9.17) is 10.4 Å². The van der Waals surface area contributed by atoms with E-state index >= 15 is 0 Å². The monoisotopic (exact) mass is 204 g/mol. The van der Waals surface area contributed by atoms with Gasteiger partial charge >= 0.3 is 0 Å². The summed E-state index contributed by atoms with van der Waals surface area (Å²) in [5.74, 6) is -0.154. The van der Waals surface area contributed by atoms with Gasteiger partial charge in [0.1, 0.15) is 0 Å². The number of anilines is 1. The van der Waals surface area contributed by atoms with Crippen molar-refractivity contribution >= 4 is 11.6 Å². The van der Waals surface area contributed by atoms with Gasteiger partial charge in [0.05, 0.1) is 11.6 Å². The Kier molecular flexibility index (Phi) is 4.32. The number of carbonyl (C=O) groups excluding carboxylic acids is 1. The molecule has 1 amide bonds. The van der Waals surface area contributed by atoms with E-state index in [-0.39, 0.29) is 18.9 Å². The zero-order valence-corrected chi connectivity index (χ0v) is 8.23. The number of nitrogens with zero attached hydrogens (tertiary/aromatic N) is 1. The van der Waals surface area contributed by atoms with E-state index in [0.29, 0.717) is 17.7 Å². The van der Waals surface area contributed by atoms with Crippen LogP contribution < -0.4 is 5.32 Å². The molecule has 0 heterocycles. The molecule has 4 nitrogen and oxygen atoms in total. The van der Waals surface area contributed by atoms with Crippen LogP contribution in [0.5, 0.6) is 0 Å². The molecule has 1 rings (SSSR count). The quantitative estimate of drug-likeness (QED) is 0.775. The molecule has 0 saturated carbocycles. The van der Waals surface area contributed by atoms with Gasteiger partial charge in [-0.1, -0.05) is 6.07 Å². The molecule has 15 heavy (non-hydrogen) atoms. The van der Waals surface area contributed by atoms with Gasteiger partial charge in [0.25, 0.3) is 0 Å². The van der Waals surface area contributed by atoms with E-state index in [9.17, 15) is 4.79 Å². The Morgan fingerprint density at radius 1 is 1.53 bits per heavy atom. The van der Waals surface area contributed by atoms with Gasteiger partial charge in [-0.2, -0.15) is 5.26 Å². The summed E-state index contributed by atoms with van der Waals surface area (Å²) in [4.78, 5) is 11.3. The molecule has 0 spiro atoms. The zero-order chi connectivity index (χ0) is 11.1. The van der Waals surface area contributed by atoms with Gasteiger partial charge < -0.3 is 10.4 Å². The molecule has 0 unspecified atom stereocenters. The van der Waals surface area contributed by atoms with E-state index in [1.54, 1.807) is 24.3 Å². The van der Waals surface area contributed by atoms with Crippen molar-refractivity contribution in [2.75, 3.05) is 11.9 Å². The fourth-order valence-electron chi connectivity index (χ4n) is 1.13. The average Bonchev–Trinajstić information content (AvgIpc) is 2.26. The normalized spacial score (nSPS) is 9.33. The maximum absolute atomic E-state index is 11.3. The Bertz CT molecular complexity index is 382. The maximum Gasteiger partial charge on any atom is 0.224 e. The minimum atomic E-state index is -0.154. The van der Waals surface area contributed by atoms with E-state index in [1.165, 1.54) is 0 Å². The summed E-state index contributed by atoms with van der Waals surface area (Å²) in [7, 11) is 0. The number of rotatable bonds is 4. The molecule has 0 aliphatic rings. The van der Waals surface area contributed by atoms with Crippen LogP contribution in [0.2, 0.25) is 0 Å². The van der Waals surface area contributed by atoms with Crippen LogP contribution in [0.3, 0.4) is 0 Å². The fraction of sp³-hybridized carbons (Fsp3) is 0.273. The molecule has 4 heteroatoms. The molecule has 0 bridgehead atoms. The summed E-state index contributed by atoms with van der Waals surface area (Å²) >= 11 is 0. The summed E-state index contributed by atoms with van der Waals surface area (Å²) < 4.78 is 0. The lowest BCUT2D eigenvalue weighted by Crippen LogP contribution is -2.11. The summed E-state index contributed by atoms with van der Waals surface area (Å²) in [5, 5.41) is 19.8. The first-order valence-corrected chi connectivity index (χ1v) is 4.67. The summed E-state index contributed by atoms with van der Waals surface area (Å²) in [5.41, 5.74) is 1.12. The van der Waals surface area contributed by atoms with Gasteiger partial charge in [0, 0.05) is 18.7 Å². The molecular weight excluding hydrogens is 192 g/mol. The van der Waals surface area contributed by atoms with Crippen LogP contribution in [0.25, 0.3) is 0 Å². The molecule has 78 valence electrons. The lowest BCUT2D eigenvalue weighted by atomic mass is 10.2. The standard InChI is InChI=1S/C11H12N2O2/c12-8-9-3-1-4-10(7-9)13-11(15)5-2-6-14/h1,3-4,7,14H,2,5-6H2,(H,13,15). The van der Waals surface area contributed by atoms with Gasteiger partial charge in [-0.25, -0.2) is 0 Å². The van der Waals surface area contributed by atoms with Crippen LogP contribution in [-0.4, -0.2) is 17.6 Å². The third-order valence-corrected chi connectivity index (χ3v) is 1.84. The smallest absolute Gasteiger partial charge is 0.224 e. The van der Waals surface area contributed by atoms with Crippen molar-refractivity contribution in [3.05, 3.63) is 29.8 Å². The first kappa shape index (κ1) is 11.2. The number of carbonyl (C=O) groups is 1. The van der Waals surface area contributed by atoms with Crippen LogP contribution in [-0.2, 0) is 4.79 Å². The number of hydrogen-bond acceptors (Lipinski definition) is 3. The lowest BCUT2D eigenvalue weighted by Gasteiger charge is -2.04. The Hall–Kier alpha value is -1.86. The van der Waals surface area contributed by atoms with Gasteiger partial charge in [-0.15, -0.1) is 0 Å². The second-order valence-electron chi connectivity index (χ2n) is 3.07. The van der Waals surface area contributed by atoms with Gasteiger partial charge in [0.2, 0.25) is 5.91 Å². The van der Waals surface area contributed by atoms with Crippen molar-refractivity contribution in [2.45, 2.75) is 12.8 Å². The van der Waals surface area contributed by atoms with Crippen LogP contribution in [0.4, 0.5) is 5.69 Å². The summed E-state index contributed by atoms with van der Waals surface area (Å²) in [6.45, 7) is 0.00561.